The number of rotatable bonds is 4. The van der Waals surface area contributed by atoms with E-state index in [1.807, 2.05) is 0 Å². The fraction of sp³-hybridized carbons (Fsp3) is 0.231. The van der Waals surface area contributed by atoms with Crippen LogP contribution in [0.25, 0.3) is 0 Å². The Kier molecular flexibility index (Phi) is 3.70. The number of hydrogen-bond acceptors (Lipinski definition) is 4. The molecule has 19 heavy (non-hydrogen) atoms. The van der Waals surface area contributed by atoms with Gasteiger partial charge in [-0.05, 0) is 18.2 Å². The number of aromatic nitrogens is 2. The third-order valence-corrected chi connectivity index (χ3v) is 2.73. The second-order valence-electron chi connectivity index (χ2n) is 4.43. The summed E-state index contributed by atoms with van der Waals surface area (Å²) in [5.74, 6) is -0.0513. The molecule has 6 nitrogen and oxygen atoms in total. The van der Waals surface area contributed by atoms with Crippen LogP contribution >= 0.6 is 0 Å². The monoisotopic (exact) mass is 259 g/mol. The van der Waals surface area contributed by atoms with E-state index in [0.29, 0.717) is 17.8 Å². The standard InChI is InChI=1S/C13H17N5O/c1-18(2)13(19)9-3-4-11(14)12(5-9)16-7-10-6-15-8-17-10/h3-6,8,16H,7,14H2,1-2H3,(H,15,17). The zero-order valence-electron chi connectivity index (χ0n) is 11.0. The van der Waals surface area contributed by atoms with Gasteiger partial charge < -0.3 is 20.9 Å². The average molecular weight is 259 g/mol. The molecule has 1 amide bonds. The molecule has 0 saturated carbocycles. The number of nitrogens with one attached hydrogen (secondary N) is 2. The predicted molar refractivity (Wildman–Crippen MR) is 74.8 cm³/mol. The molecule has 1 aromatic carbocycles. The highest BCUT2D eigenvalue weighted by Gasteiger charge is 2.10. The van der Waals surface area contributed by atoms with Crippen molar-refractivity contribution in [3.63, 3.8) is 0 Å². The Morgan fingerprint density at radius 2 is 2.26 bits per heavy atom. The first-order valence-corrected chi connectivity index (χ1v) is 5.90. The second kappa shape index (κ2) is 5.43. The quantitative estimate of drug-likeness (QED) is 0.722. The number of amides is 1. The second-order valence-corrected chi connectivity index (χ2v) is 4.43. The molecule has 6 heteroatoms. The van der Waals surface area contributed by atoms with Crippen LogP contribution in [-0.4, -0.2) is 34.9 Å². The smallest absolute Gasteiger partial charge is 0.253 e. The van der Waals surface area contributed by atoms with Crippen LogP contribution in [0.2, 0.25) is 0 Å². The third-order valence-electron chi connectivity index (χ3n) is 2.73. The molecule has 0 aliphatic rings. The van der Waals surface area contributed by atoms with Crippen molar-refractivity contribution in [1.82, 2.24) is 14.9 Å². The Morgan fingerprint density at radius 1 is 1.47 bits per heavy atom. The molecule has 0 unspecified atom stereocenters. The molecule has 2 rings (SSSR count). The van der Waals surface area contributed by atoms with Crippen LogP contribution in [-0.2, 0) is 6.54 Å². The van der Waals surface area contributed by atoms with Gasteiger partial charge in [0, 0.05) is 25.9 Å². The number of aromatic amines is 1. The summed E-state index contributed by atoms with van der Waals surface area (Å²) in [5, 5.41) is 3.18. The van der Waals surface area contributed by atoms with Crippen LogP contribution < -0.4 is 11.1 Å². The zero-order valence-corrected chi connectivity index (χ0v) is 11.0. The summed E-state index contributed by atoms with van der Waals surface area (Å²) in [6, 6.07) is 5.21. The van der Waals surface area contributed by atoms with Gasteiger partial charge in [-0.25, -0.2) is 4.98 Å². The van der Waals surface area contributed by atoms with Crippen LogP contribution in [0.3, 0.4) is 0 Å². The van der Waals surface area contributed by atoms with Gasteiger partial charge in [-0.2, -0.15) is 0 Å². The summed E-state index contributed by atoms with van der Waals surface area (Å²) in [6.45, 7) is 0.573. The number of hydrogen-bond donors (Lipinski definition) is 3. The maximum atomic E-state index is 11.9. The first kappa shape index (κ1) is 12.9. The number of H-pyrrole nitrogens is 1. The lowest BCUT2D eigenvalue weighted by Gasteiger charge is -2.13. The molecule has 0 aliphatic carbocycles. The van der Waals surface area contributed by atoms with Crippen molar-refractivity contribution in [2.45, 2.75) is 6.54 Å². The maximum Gasteiger partial charge on any atom is 0.253 e. The van der Waals surface area contributed by atoms with Crippen molar-refractivity contribution in [3.8, 4) is 0 Å². The van der Waals surface area contributed by atoms with Crippen LogP contribution in [0, 0.1) is 0 Å². The van der Waals surface area contributed by atoms with Crippen molar-refractivity contribution in [2.24, 2.45) is 0 Å². The molecule has 1 aromatic heterocycles. The van der Waals surface area contributed by atoms with Gasteiger partial charge in [-0.3, -0.25) is 4.79 Å². The molecule has 4 N–H and O–H groups in total. The summed E-state index contributed by atoms with van der Waals surface area (Å²) in [7, 11) is 3.44. The lowest BCUT2D eigenvalue weighted by atomic mass is 10.1. The Balaban J connectivity index is 2.15. The average Bonchev–Trinajstić information content (AvgIpc) is 2.90. The molecule has 0 bridgehead atoms. The van der Waals surface area contributed by atoms with Gasteiger partial charge in [-0.15, -0.1) is 0 Å². The highest BCUT2D eigenvalue weighted by Crippen LogP contribution is 2.21. The number of carbonyl (C=O) groups is 1. The number of nitrogen functional groups attached to an aromatic ring is 1. The van der Waals surface area contributed by atoms with Gasteiger partial charge in [-0.1, -0.05) is 0 Å². The van der Waals surface area contributed by atoms with Crippen molar-refractivity contribution < 1.29 is 4.79 Å². The first-order valence-electron chi connectivity index (χ1n) is 5.90. The molecule has 0 fully saturated rings. The number of nitrogens with zero attached hydrogens (tertiary/aromatic N) is 2. The van der Waals surface area contributed by atoms with Gasteiger partial charge in [0.05, 0.1) is 29.9 Å². The number of imidazole rings is 1. The third kappa shape index (κ3) is 3.04. The summed E-state index contributed by atoms with van der Waals surface area (Å²) in [5.41, 5.74) is 8.79. The van der Waals surface area contributed by atoms with Crippen LogP contribution in [0.1, 0.15) is 16.1 Å². The minimum Gasteiger partial charge on any atom is -0.397 e. The van der Waals surface area contributed by atoms with Gasteiger partial charge >= 0.3 is 0 Å². The van der Waals surface area contributed by atoms with Crippen molar-refractivity contribution in [2.75, 3.05) is 25.1 Å². The van der Waals surface area contributed by atoms with E-state index in [4.69, 9.17) is 5.73 Å². The van der Waals surface area contributed by atoms with Gasteiger partial charge in [0.15, 0.2) is 0 Å². The molecular formula is C13H17N5O. The lowest BCUT2D eigenvalue weighted by molar-refractivity contribution is 0.0827. The summed E-state index contributed by atoms with van der Waals surface area (Å²) < 4.78 is 0. The molecule has 2 aromatic rings. The van der Waals surface area contributed by atoms with Crippen LogP contribution in [0.15, 0.2) is 30.7 Å². The van der Waals surface area contributed by atoms with Crippen LogP contribution in [0.4, 0.5) is 11.4 Å². The van der Waals surface area contributed by atoms with Crippen LogP contribution in [0.5, 0.6) is 0 Å². The van der Waals surface area contributed by atoms with Crippen molar-refractivity contribution >= 4 is 17.3 Å². The van der Waals surface area contributed by atoms with E-state index in [0.717, 1.165) is 11.4 Å². The minimum atomic E-state index is -0.0513. The molecule has 0 radical (unpaired) electrons. The van der Waals surface area contributed by atoms with E-state index in [1.54, 1.807) is 44.8 Å². The van der Waals surface area contributed by atoms with E-state index < -0.39 is 0 Å². The van der Waals surface area contributed by atoms with Gasteiger partial charge in [0.25, 0.3) is 5.91 Å². The fourth-order valence-electron chi connectivity index (χ4n) is 1.67. The van der Waals surface area contributed by atoms with E-state index in [-0.39, 0.29) is 5.91 Å². The molecular weight excluding hydrogens is 242 g/mol. The highest BCUT2D eigenvalue weighted by molar-refractivity contribution is 5.95. The highest BCUT2D eigenvalue weighted by atomic mass is 16.2. The molecule has 0 spiro atoms. The van der Waals surface area contributed by atoms with Crippen molar-refractivity contribution in [3.05, 3.63) is 42.0 Å². The number of benzene rings is 1. The SMILES string of the molecule is CN(C)C(=O)c1ccc(N)c(NCc2cnc[nH]2)c1. The Hall–Kier alpha value is -2.50. The lowest BCUT2D eigenvalue weighted by Crippen LogP contribution is -2.21. The number of carbonyl (C=O) groups excluding carboxylic acids is 1. The summed E-state index contributed by atoms with van der Waals surface area (Å²) in [6.07, 6.45) is 3.35. The van der Waals surface area contributed by atoms with E-state index in [9.17, 15) is 4.79 Å². The Morgan fingerprint density at radius 3 is 2.89 bits per heavy atom. The van der Waals surface area contributed by atoms with Gasteiger partial charge in [0.1, 0.15) is 0 Å². The molecule has 0 aliphatic heterocycles. The van der Waals surface area contributed by atoms with E-state index in [2.05, 4.69) is 15.3 Å². The normalized spacial score (nSPS) is 10.2. The molecule has 0 saturated heterocycles. The van der Waals surface area contributed by atoms with Gasteiger partial charge in [0.2, 0.25) is 0 Å². The number of anilines is 2. The summed E-state index contributed by atoms with van der Waals surface area (Å²) in [4.78, 5) is 20.3. The number of nitrogens with two attached hydrogens (primary N) is 1. The Bertz CT molecular complexity index is 562. The molecule has 100 valence electrons. The maximum absolute atomic E-state index is 11.9. The first-order chi connectivity index (χ1) is 9.08. The topological polar surface area (TPSA) is 87.0 Å². The van der Waals surface area contributed by atoms with Crippen molar-refractivity contribution in [1.29, 1.82) is 0 Å². The Labute approximate surface area is 111 Å². The van der Waals surface area contributed by atoms with E-state index >= 15 is 0 Å². The van der Waals surface area contributed by atoms with E-state index in [1.165, 1.54) is 4.90 Å². The largest absolute Gasteiger partial charge is 0.397 e. The fourth-order valence-corrected chi connectivity index (χ4v) is 1.67. The minimum absolute atomic E-state index is 0.0513. The molecule has 0 atom stereocenters. The summed E-state index contributed by atoms with van der Waals surface area (Å²) >= 11 is 0. The zero-order chi connectivity index (χ0) is 13.8. The molecule has 1 heterocycles. The predicted octanol–water partition coefficient (Wildman–Crippen LogP) is 1.31.